The zero-order valence-corrected chi connectivity index (χ0v) is 19.5. The van der Waals surface area contributed by atoms with E-state index in [9.17, 15) is 5.11 Å². The Kier molecular flexibility index (Phi) is 10.8. The lowest BCUT2D eigenvalue weighted by molar-refractivity contribution is 0.241. The molecule has 0 heterocycles. The molecule has 1 aromatic rings. The van der Waals surface area contributed by atoms with Gasteiger partial charge in [0.2, 0.25) is 0 Å². The number of ether oxygens (including phenoxy) is 1. The van der Waals surface area contributed by atoms with Crippen molar-refractivity contribution in [3.8, 4) is 5.75 Å². The fourth-order valence-corrected chi connectivity index (χ4v) is 4.37. The molecular formula is C28H42O2. The molecule has 0 radical (unpaired) electrons. The summed E-state index contributed by atoms with van der Waals surface area (Å²) in [5.74, 6) is 1.29. The smallest absolute Gasteiger partial charge is 0.115 e. The SMILES string of the molecule is CCCCCCCCCCCC(C)(C1=CCC=C(OCC)C=C1)c1ccc(O)cc1. The van der Waals surface area contributed by atoms with Gasteiger partial charge in [0, 0.05) is 5.41 Å². The van der Waals surface area contributed by atoms with Gasteiger partial charge in [0.15, 0.2) is 0 Å². The Labute approximate surface area is 184 Å². The van der Waals surface area contributed by atoms with Crippen LogP contribution in [0.1, 0.15) is 97.0 Å². The number of allylic oxidation sites excluding steroid dienone is 5. The molecule has 0 fully saturated rings. The van der Waals surface area contributed by atoms with Crippen LogP contribution in [-0.4, -0.2) is 11.7 Å². The second-order valence-corrected chi connectivity index (χ2v) is 8.73. The quantitative estimate of drug-likeness (QED) is 0.312. The molecule has 0 saturated carbocycles. The van der Waals surface area contributed by atoms with E-state index in [4.69, 9.17) is 4.74 Å². The van der Waals surface area contributed by atoms with E-state index in [-0.39, 0.29) is 5.41 Å². The Morgan fingerprint density at radius 2 is 1.47 bits per heavy atom. The zero-order valence-electron chi connectivity index (χ0n) is 19.5. The summed E-state index contributed by atoms with van der Waals surface area (Å²) in [6.07, 6.45) is 22.9. The Morgan fingerprint density at radius 3 is 2.10 bits per heavy atom. The monoisotopic (exact) mass is 410 g/mol. The molecule has 2 nitrogen and oxygen atoms in total. The fraction of sp³-hybridized carbons (Fsp3) is 0.571. The van der Waals surface area contributed by atoms with E-state index < -0.39 is 0 Å². The number of benzene rings is 1. The van der Waals surface area contributed by atoms with Crippen LogP contribution in [0.5, 0.6) is 5.75 Å². The molecule has 0 aromatic heterocycles. The number of aromatic hydroxyl groups is 1. The van der Waals surface area contributed by atoms with Crippen molar-refractivity contribution in [1.29, 1.82) is 0 Å². The average molecular weight is 411 g/mol. The van der Waals surface area contributed by atoms with Crippen molar-refractivity contribution in [2.45, 2.75) is 96.8 Å². The third-order valence-electron chi connectivity index (χ3n) is 6.32. The molecule has 0 bridgehead atoms. The molecule has 0 amide bonds. The van der Waals surface area contributed by atoms with E-state index in [0.29, 0.717) is 12.4 Å². The van der Waals surface area contributed by atoms with Crippen LogP contribution in [-0.2, 0) is 10.2 Å². The lowest BCUT2D eigenvalue weighted by atomic mass is 9.71. The summed E-state index contributed by atoms with van der Waals surface area (Å²) in [5, 5.41) is 9.77. The fourth-order valence-electron chi connectivity index (χ4n) is 4.37. The Balaban J connectivity index is 1.99. The molecule has 1 aliphatic carbocycles. The van der Waals surface area contributed by atoms with Gasteiger partial charge in [-0.3, -0.25) is 0 Å². The molecule has 0 saturated heterocycles. The van der Waals surface area contributed by atoms with Crippen LogP contribution in [0, 0.1) is 0 Å². The van der Waals surface area contributed by atoms with Crippen molar-refractivity contribution in [3.63, 3.8) is 0 Å². The number of phenolic OH excluding ortho intramolecular Hbond substituents is 1. The summed E-state index contributed by atoms with van der Waals surface area (Å²) >= 11 is 0. The van der Waals surface area contributed by atoms with Gasteiger partial charge in [-0.25, -0.2) is 0 Å². The third kappa shape index (κ3) is 7.70. The van der Waals surface area contributed by atoms with Crippen LogP contribution in [0.15, 0.2) is 59.9 Å². The van der Waals surface area contributed by atoms with Gasteiger partial charge in [0.25, 0.3) is 0 Å². The minimum Gasteiger partial charge on any atom is -0.508 e. The summed E-state index contributed by atoms with van der Waals surface area (Å²) in [6, 6.07) is 7.79. The molecule has 1 atom stereocenters. The van der Waals surface area contributed by atoms with Gasteiger partial charge in [-0.1, -0.05) is 95.9 Å². The van der Waals surface area contributed by atoms with Crippen molar-refractivity contribution in [1.82, 2.24) is 0 Å². The molecule has 1 unspecified atom stereocenters. The van der Waals surface area contributed by atoms with Crippen LogP contribution in [0.2, 0.25) is 0 Å². The van der Waals surface area contributed by atoms with Gasteiger partial charge in [0.1, 0.15) is 11.5 Å². The van der Waals surface area contributed by atoms with Crippen molar-refractivity contribution in [3.05, 3.63) is 65.5 Å². The van der Waals surface area contributed by atoms with Crippen LogP contribution < -0.4 is 0 Å². The highest BCUT2D eigenvalue weighted by Gasteiger charge is 2.29. The summed E-state index contributed by atoms with van der Waals surface area (Å²) in [5.41, 5.74) is 2.57. The highest BCUT2D eigenvalue weighted by molar-refractivity contribution is 5.45. The van der Waals surface area contributed by atoms with Gasteiger partial charge in [-0.05, 0) is 55.2 Å². The van der Waals surface area contributed by atoms with Crippen LogP contribution in [0.25, 0.3) is 0 Å². The van der Waals surface area contributed by atoms with Crippen LogP contribution in [0.3, 0.4) is 0 Å². The number of phenols is 1. The second kappa shape index (κ2) is 13.4. The van der Waals surface area contributed by atoms with E-state index in [1.807, 2.05) is 19.1 Å². The molecule has 1 N–H and O–H groups in total. The molecule has 0 aliphatic heterocycles. The summed E-state index contributed by atoms with van der Waals surface area (Å²) in [4.78, 5) is 0. The topological polar surface area (TPSA) is 29.5 Å². The zero-order chi connectivity index (χ0) is 21.7. The van der Waals surface area contributed by atoms with Gasteiger partial charge < -0.3 is 9.84 Å². The summed E-state index contributed by atoms with van der Waals surface area (Å²) < 4.78 is 5.71. The predicted octanol–water partition coefficient (Wildman–Crippen LogP) is 8.38. The normalized spacial score (nSPS) is 15.8. The molecule has 166 valence electrons. The largest absolute Gasteiger partial charge is 0.508 e. The first-order valence-electron chi connectivity index (χ1n) is 12.1. The maximum Gasteiger partial charge on any atom is 0.115 e. The first-order valence-corrected chi connectivity index (χ1v) is 12.1. The van der Waals surface area contributed by atoms with Gasteiger partial charge in [-0.15, -0.1) is 0 Å². The summed E-state index contributed by atoms with van der Waals surface area (Å²) in [6.45, 7) is 7.35. The number of unbranched alkanes of at least 4 members (excludes halogenated alkanes) is 8. The van der Waals surface area contributed by atoms with E-state index in [2.05, 4.69) is 50.3 Å². The molecule has 1 aromatic carbocycles. The van der Waals surface area contributed by atoms with Crippen molar-refractivity contribution in [2.75, 3.05) is 6.61 Å². The minimum atomic E-state index is -0.0547. The Bertz CT molecular complexity index is 696. The van der Waals surface area contributed by atoms with Crippen molar-refractivity contribution in [2.24, 2.45) is 0 Å². The molecule has 2 rings (SSSR count). The lowest BCUT2D eigenvalue weighted by Crippen LogP contribution is -2.24. The first kappa shape index (κ1) is 24.3. The number of hydrogen-bond donors (Lipinski definition) is 1. The maximum atomic E-state index is 9.77. The highest BCUT2D eigenvalue weighted by atomic mass is 16.5. The molecule has 0 spiro atoms. The highest BCUT2D eigenvalue weighted by Crippen LogP contribution is 2.39. The van der Waals surface area contributed by atoms with Crippen LogP contribution in [0.4, 0.5) is 0 Å². The molecule has 30 heavy (non-hydrogen) atoms. The predicted molar refractivity (Wildman–Crippen MR) is 129 cm³/mol. The molecule has 2 heteroatoms. The van der Waals surface area contributed by atoms with Gasteiger partial charge in [-0.2, -0.15) is 0 Å². The van der Waals surface area contributed by atoms with E-state index >= 15 is 0 Å². The lowest BCUT2D eigenvalue weighted by Gasteiger charge is -2.32. The van der Waals surface area contributed by atoms with Gasteiger partial charge in [0.05, 0.1) is 6.61 Å². The maximum absolute atomic E-state index is 9.77. The number of rotatable bonds is 14. The van der Waals surface area contributed by atoms with Crippen molar-refractivity contribution < 1.29 is 9.84 Å². The standard InChI is InChI=1S/C28H42O2/c1-4-6-7-8-9-10-11-12-13-23-28(3,25-17-20-26(29)21-18-25)24-15-14-16-27(22-19-24)30-5-2/h15-22,29H,4-14,23H2,1-3H3. The first-order chi connectivity index (χ1) is 14.6. The minimum absolute atomic E-state index is 0.0547. The number of hydrogen-bond acceptors (Lipinski definition) is 2. The van der Waals surface area contributed by atoms with E-state index in [1.54, 1.807) is 0 Å². The van der Waals surface area contributed by atoms with Gasteiger partial charge >= 0.3 is 0 Å². The molecule has 1 aliphatic rings. The molecular weight excluding hydrogens is 368 g/mol. The Morgan fingerprint density at radius 1 is 0.833 bits per heavy atom. The van der Waals surface area contributed by atoms with E-state index in [1.165, 1.54) is 68.9 Å². The second-order valence-electron chi connectivity index (χ2n) is 8.73. The van der Waals surface area contributed by atoms with Crippen molar-refractivity contribution >= 4 is 0 Å². The average Bonchev–Trinajstić information content (AvgIpc) is 2.99. The Hall–Kier alpha value is -1.96. The van der Waals surface area contributed by atoms with E-state index in [0.717, 1.165) is 18.6 Å². The summed E-state index contributed by atoms with van der Waals surface area (Å²) in [7, 11) is 0. The third-order valence-corrected chi connectivity index (χ3v) is 6.32. The van der Waals surface area contributed by atoms with Crippen LogP contribution >= 0.6 is 0 Å².